The third kappa shape index (κ3) is 1.59. The van der Waals surface area contributed by atoms with Crippen molar-refractivity contribution < 1.29 is 10.2 Å². The minimum Gasteiger partial charge on any atom is -0.396 e. The van der Waals surface area contributed by atoms with Gasteiger partial charge in [0.05, 0.1) is 6.10 Å². The topological polar surface area (TPSA) is 56.2 Å². The standard InChI is InChI=1S/C7H11NO2/c9-5-3-7(10)6-2-1-4-8-6/h1-2,4,7-10H,3,5H2. The summed E-state index contributed by atoms with van der Waals surface area (Å²) in [6.07, 6.45) is 1.58. The van der Waals surface area contributed by atoms with E-state index in [1.165, 1.54) is 0 Å². The van der Waals surface area contributed by atoms with Crippen LogP contribution in [0.1, 0.15) is 18.2 Å². The van der Waals surface area contributed by atoms with E-state index < -0.39 is 6.10 Å². The summed E-state index contributed by atoms with van der Waals surface area (Å²) in [6, 6.07) is 3.61. The number of aliphatic hydroxyl groups excluding tert-OH is 2. The van der Waals surface area contributed by atoms with Gasteiger partial charge < -0.3 is 15.2 Å². The number of H-pyrrole nitrogens is 1. The van der Waals surface area contributed by atoms with Crippen molar-refractivity contribution >= 4 is 0 Å². The van der Waals surface area contributed by atoms with Crippen LogP contribution in [0.25, 0.3) is 0 Å². The molecule has 1 rings (SSSR count). The Balaban J connectivity index is 2.50. The lowest BCUT2D eigenvalue weighted by Gasteiger charge is -2.04. The molecule has 0 spiro atoms. The molecule has 0 aliphatic heterocycles. The summed E-state index contributed by atoms with van der Waals surface area (Å²) in [5, 5.41) is 17.7. The van der Waals surface area contributed by atoms with E-state index in [1.807, 2.05) is 6.07 Å². The summed E-state index contributed by atoms with van der Waals surface area (Å²) < 4.78 is 0. The first-order chi connectivity index (χ1) is 4.84. The Morgan fingerprint density at radius 3 is 2.90 bits per heavy atom. The van der Waals surface area contributed by atoms with Gasteiger partial charge in [0.2, 0.25) is 0 Å². The molecular weight excluding hydrogens is 130 g/mol. The van der Waals surface area contributed by atoms with Crippen molar-refractivity contribution in [3.05, 3.63) is 24.0 Å². The second kappa shape index (κ2) is 3.39. The minimum absolute atomic E-state index is 0.0141. The zero-order valence-electron chi connectivity index (χ0n) is 5.62. The molecule has 1 atom stereocenters. The molecule has 1 unspecified atom stereocenters. The summed E-state index contributed by atoms with van der Waals surface area (Å²) in [5.74, 6) is 0. The molecule has 3 heteroatoms. The quantitative estimate of drug-likeness (QED) is 0.571. The Kier molecular flexibility index (Phi) is 2.48. The van der Waals surface area contributed by atoms with Crippen LogP contribution in [-0.4, -0.2) is 21.8 Å². The molecule has 10 heavy (non-hydrogen) atoms. The van der Waals surface area contributed by atoms with Gasteiger partial charge in [0.15, 0.2) is 0 Å². The fourth-order valence-corrected chi connectivity index (χ4v) is 0.829. The average molecular weight is 141 g/mol. The van der Waals surface area contributed by atoms with Crippen LogP contribution in [0, 0.1) is 0 Å². The third-order valence-electron chi connectivity index (χ3n) is 1.38. The van der Waals surface area contributed by atoms with Crippen LogP contribution in [0.2, 0.25) is 0 Å². The number of aliphatic hydroxyl groups is 2. The van der Waals surface area contributed by atoms with Gasteiger partial charge in [0, 0.05) is 24.9 Å². The number of nitrogens with one attached hydrogen (secondary N) is 1. The minimum atomic E-state index is -0.556. The summed E-state index contributed by atoms with van der Waals surface area (Å²) in [6.45, 7) is 0.0141. The van der Waals surface area contributed by atoms with Crippen molar-refractivity contribution in [2.75, 3.05) is 6.61 Å². The highest BCUT2D eigenvalue weighted by molar-refractivity contribution is 5.06. The monoisotopic (exact) mass is 141 g/mol. The van der Waals surface area contributed by atoms with Crippen LogP contribution in [0.5, 0.6) is 0 Å². The Morgan fingerprint density at radius 2 is 2.40 bits per heavy atom. The molecule has 0 radical (unpaired) electrons. The van der Waals surface area contributed by atoms with Crippen LogP contribution in [-0.2, 0) is 0 Å². The number of aromatic amines is 1. The first-order valence-corrected chi connectivity index (χ1v) is 3.27. The number of hydrogen-bond donors (Lipinski definition) is 3. The van der Waals surface area contributed by atoms with Crippen LogP contribution in [0.3, 0.4) is 0 Å². The van der Waals surface area contributed by atoms with Gasteiger partial charge in [-0.3, -0.25) is 0 Å². The van der Waals surface area contributed by atoms with Gasteiger partial charge in [-0.05, 0) is 12.1 Å². The molecule has 0 aliphatic carbocycles. The van der Waals surface area contributed by atoms with Gasteiger partial charge in [-0.2, -0.15) is 0 Å². The summed E-state index contributed by atoms with van der Waals surface area (Å²) in [4.78, 5) is 2.86. The lowest BCUT2D eigenvalue weighted by atomic mass is 10.2. The number of hydrogen-bond acceptors (Lipinski definition) is 2. The van der Waals surface area contributed by atoms with Gasteiger partial charge in [-0.15, -0.1) is 0 Å². The Morgan fingerprint density at radius 1 is 1.60 bits per heavy atom. The van der Waals surface area contributed by atoms with Gasteiger partial charge in [0.25, 0.3) is 0 Å². The van der Waals surface area contributed by atoms with Crippen molar-refractivity contribution in [3.8, 4) is 0 Å². The molecule has 56 valence electrons. The smallest absolute Gasteiger partial charge is 0.0959 e. The molecule has 0 saturated carbocycles. The maximum Gasteiger partial charge on any atom is 0.0959 e. The van der Waals surface area contributed by atoms with Crippen LogP contribution >= 0.6 is 0 Å². The molecule has 1 aromatic heterocycles. The Bertz CT molecular complexity index is 172. The molecule has 1 aromatic rings. The predicted octanol–water partition coefficient (Wildman–Crippen LogP) is 0.430. The Labute approximate surface area is 59.3 Å². The van der Waals surface area contributed by atoms with Crippen molar-refractivity contribution in [3.63, 3.8) is 0 Å². The first kappa shape index (κ1) is 7.31. The van der Waals surface area contributed by atoms with E-state index in [1.54, 1.807) is 12.3 Å². The molecule has 1 heterocycles. The molecular formula is C7H11NO2. The maximum atomic E-state index is 9.22. The zero-order chi connectivity index (χ0) is 7.40. The molecule has 0 saturated heterocycles. The average Bonchev–Trinajstić information content (AvgIpc) is 2.38. The number of aromatic nitrogens is 1. The lowest BCUT2D eigenvalue weighted by molar-refractivity contribution is 0.131. The summed E-state index contributed by atoms with van der Waals surface area (Å²) in [5.41, 5.74) is 0.758. The second-order valence-corrected chi connectivity index (χ2v) is 2.15. The summed E-state index contributed by atoms with van der Waals surface area (Å²) >= 11 is 0. The normalized spacial score (nSPS) is 13.4. The van der Waals surface area contributed by atoms with Gasteiger partial charge in [-0.1, -0.05) is 0 Å². The molecule has 0 aromatic carbocycles. The van der Waals surface area contributed by atoms with Crippen LogP contribution < -0.4 is 0 Å². The fourth-order valence-electron chi connectivity index (χ4n) is 0.829. The molecule has 0 amide bonds. The van der Waals surface area contributed by atoms with Gasteiger partial charge in [-0.25, -0.2) is 0 Å². The van der Waals surface area contributed by atoms with E-state index in [0.29, 0.717) is 6.42 Å². The predicted molar refractivity (Wildman–Crippen MR) is 37.5 cm³/mol. The molecule has 0 bridgehead atoms. The Hall–Kier alpha value is -0.800. The van der Waals surface area contributed by atoms with E-state index in [2.05, 4.69) is 4.98 Å². The highest BCUT2D eigenvalue weighted by atomic mass is 16.3. The second-order valence-electron chi connectivity index (χ2n) is 2.15. The highest BCUT2D eigenvalue weighted by Gasteiger charge is 2.05. The lowest BCUT2D eigenvalue weighted by Crippen LogP contribution is -1.99. The fraction of sp³-hybridized carbons (Fsp3) is 0.429. The largest absolute Gasteiger partial charge is 0.396 e. The molecule has 0 fully saturated rings. The van der Waals surface area contributed by atoms with E-state index in [0.717, 1.165) is 5.69 Å². The molecule has 3 nitrogen and oxygen atoms in total. The van der Waals surface area contributed by atoms with E-state index in [4.69, 9.17) is 5.11 Å². The van der Waals surface area contributed by atoms with Crippen LogP contribution in [0.15, 0.2) is 18.3 Å². The first-order valence-electron chi connectivity index (χ1n) is 3.27. The van der Waals surface area contributed by atoms with Gasteiger partial charge >= 0.3 is 0 Å². The van der Waals surface area contributed by atoms with Crippen molar-refractivity contribution in [2.45, 2.75) is 12.5 Å². The van der Waals surface area contributed by atoms with Crippen molar-refractivity contribution in [2.24, 2.45) is 0 Å². The van der Waals surface area contributed by atoms with E-state index in [-0.39, 0.29) is 6.61 Å². The maximum absolute atomic E-state index is 9.22. The molecule has 3 N–H and O–H groups in total. The zero-order valence-corrected chi connectivity index (χ0v) is 5.62. The van der Waals surface area contributed by atoms with Crippen molar-refractivity contribution in [1.29, 1.82) is 0 Å². The summed E-state index contributed by atoms with van der Waals surface area (Å²) in [7, 11) is 0. The van der Waals surface area contributed by atoms with Crippen molar-refractivity contribution in [1.82, 2.24) is 4.98 Å². The number of rotatable bonds is 3. The SMILES string of the molecule is OCCC(O)c1ccc[nH]1. The molecule has 0 aliphatic rings. The van der Waals surface area contributed by atoms with Crippen LogP contribution in [0.4, 0.5) is 0 Å². The highest BCUT2D eigenvalue weighted by Crippen LogP contribution is 2.12. The van der Waals surface area contributed by atoms with Gasteiger partial charge in [0.1, 0.15) is 0 Å². The van der Waals surface area contributed by atoms with E-state index >= 15 is 0 Å². The third-order valence-corrected chi connectivity index (χ3v) is 1.38. The van der Waals surface area contributed by atoms with E-state index in [9.17, 15) is 5.11 Å².